The number of fused-ring (bicyclic) bond motifs is 1. The van der Waals surface area contributed by atoms with E-state index in [9.17, 15) is 0 Å². The summed E-state index contributed by atoms with van der Waals surface area (Å²) in [7, 11) is 0. The Hall–Kier alpha value is -0.860. The number of nitrogens with one attached hydrogen (secondary N) is 1. The fraction of sp³-hybridized carbons (Fsp3) is 0.684. The average Bonchev–Trinajstić information content (AvgIpc) is 2.41. The van der Waals surface area contributed by atoms with Crippen LogP contribution in [0.1, 0.15) is 64.1 Å². The van der Waals surface area contributed by atoms with Crippen LogP contribution in [-0.2, 0) is 11.2 Å². The highest BCUT2D eigenvalue weighted by Crippen LogP contribution is 2.44. The number of hydrogen-bond donors (Lipinski definition) is 1. The van der Waals surface area contributed by atoms with Gasteiger partial charge in [-0.1, -0.05) is 38.1 Å². The highest BCUT2D eigenvalue weighted by atomic mass is 16.5. The van der Waals surface area contributed by atoms with Gasteiger partial charge in [0.2, 0.25) is 0 Å². The molecule has 1 aromatic rings. The van der Waals surface area contributed by atoms with Crippen molar-refractivity contribution in [1.82, 2.24) is 5.32 Å². The van der Waals surface area contributed by atoms with Gasteiger partial charge in [-0.2, -0.15) is 0 Å². The first-order valence-electron chi connectivity index (χ1n) is 8.35. The third kappa shape index (κ3) is 3.17. The lowest BCUT2D eigenvalue weighted by Gasteiger charge is -2.45. The Morgan fingerprint density at radius 1 is 1.14 bits per heavy atom. The molecule has 116 valence electrons. The predicted octanol–water partition coefficient (Wildman–Crippen LogP) is 4.25. The van der Waals surface area contributed by atoms with Crippen LogP contribution in [0.3, 0.4) is 0 Å². The van der Waals surface area contributed by atoms with Gasteiger partial charge in [0.05, 0.1) is 5.60 Å². The van der Waals surface area contributed by atoms with Crippen LogP contribution in [0.15, 0.2) is 24.3 Å². The summed E-state index contributed by atoms with van der Waals surface area (Å²) in [6.07, 6.45) is 4.69. The number of ether oxygens (including phenoxy) is 1. The van der Waals surface area contributed by atoms with E-state index in [-0.39, 0.29) is 5.60 Å². The molecule has 3 rings (SSSR count). The molecule has 1 fully saturated rings. The van der Waals surface area contributed by atoms with Gasteiger partial charge >= 0.3 is 0 Å². The highest BCUT2D eigenvalue weighted by molar-refractivity contribution is 5.34. The molecule has 1 aliphatic heterocycles. The van der Waals surface area contributed by atoms with E-state index in [1.807, 2.05) is 0 Å². The Balaban J connectivity index is 1.82. The van der Waals surface area contributed by atoms with Gasteiger partial charge < -0.3 is 10.1 Å². The van der Waals surface area contributed by atoms with E-state index < -0.39 is 0 Å². The van der Waals surface area contributed by atoms with Crippen molar-refractivity contribution < 1.29 is 4.74 Å². The summed E-state index contributed by atoms with van der Waals surface area (Å²) in [5, 5.41) is 3.98. The van der Waals surface area contributed by atoms with Crippen molar-refractivity contribution in [3.63, 3.8) is 0 Å². The van der Waals surface area contributed by atoms with E-state index in [1.54, 1.807) is 0 Å². The molecule has 1 aromatic carbocycles. The molecule has 0 bridgehead atoms. The van der Waals surface area contributed by atoms with E-state index in [0.717, 1.165) is 19.4 Å². The molecule has 2 nitrogen and oxygen atoms in total. The summed E-state index contributed by atoms with van der Waals surface area (Å²) in [6, 6.07) is 9.99. The number of benzene rings is 1. The molecule has 1 heterocycles. The van der Waals surface area contributed by atoms with Crippen molar-refractivity contribution in [3.05, 3.63) is 35.4 Å². The molecule has 1 saturated heterocycles. The minimum Gasteiger partial charge on any atom is -0.375 e. The number of rotatable bonds is 2. The second-order valence-electron chi connectivity index (χ2n) is 8.08. The smallest absolute Gasteiger partial charge is 0.0641 e. The minimum atomic E-state index is 0.00818. The molecule has 2 atom stereocenters. The Kier molecular flexibility index (Phi) is 3.87. The average molecular weight is 287 g/mol. The largest absolute Gasteiger partial charge is 0.375 e. The SMILES string of the molecule is CC1(C)CC(NC2c3ccccc3CCC2(C)C)CCO1. The Morgan fingerprint density at radius 3 is 2.67 bits per heavy atom. The second-order valence-corrected chi connectivity index (χ2v) is 8.08. The van der Waals surface area contributed by atoms with Crippen molar-refractivity contribution in [2.75, 3.05) is 6.61 Å². The van der Waals surface area contributed by atoms with Crippen molar-refractivity contribution in [1.29, 1.82) is 0 Å². The third-order valence-corrected chi connectivity index (χ3v) is 5.29. The van der Waals surface area contributed by atoms with Gasteiger partial charge in [-0.05, 0) is 56.1 Å². The fourth-order valence-corrected chi connectivity index (χ4v) is 3.99. The monoisotopic (exact) mass is 287 g/mol. The second kappa shape index (κ2) is 5.40. The zero-order valence-electron chi connectivity index (χ0n) is 13.9. The van der Waals surface area contributed by atoms with Crippen molar-refractivity contribution in [2.45, 2.75) is 71.1 Å². The fourth-order valence-electron chi connectivity index (χ4n) is 3.99. The maximum atomic E-state index is 5.87. The van der Waals surface area contributed by atoms with Crippen LogP contribution in [0.2, 0.25) is 0 Å². The molecule has 2 unspecified atom stereocenters. The summed E-state index contributed by atoms with van der Waals surface area (Å²) in [4.78, 5) is 0. The van der Waals surface area contributed by atoms with Gasteiger partial charge in [0.25, 0.3) is 0 Å². The van der Waals surface area contributed by atoms with Gasteiger partial charge in [0.15, 0.2) is 0 Å². The first-order valence-corrected chi connectivity index (χ1v) is 8.35. The van der Waals surface area contributed by atoms with Gasteiger partial charge in [-0.15, -0.1) is 0 Å². The zero-order valence-corrected chi connectivity index (χ0v) is 13.9. The molecule has 0 radical (unpaired) electrons. The van der Waals surface area contributed by atoms with E-state index in [1.165, 1.54) is 24.0 Å². The molecule has 1 aliphatic carbocycles. The molecular formula is C19H29NO. The summed E-state index contributed by atoms with van der Waals surface area (Å²) in [6.45, 7) is 10.1. The van der Waals surface area contributed by atoms with E-state index in [0.29, 0.717) is 17.5 Å². The lowest BCUT2D eigenvalue weighted by Crippen LogP contribution is -2.48. The first-order chi connectivity index (χ1) is 9.87. The van der Waals surface area contributed by atoms with E-state index in [2.05, 4.69) is 57.3 Å². The zero-order chi connectivity index (χ0) is 15.1. The molecule has 21 heavy (non-hydrogen) atoms. The summed E-state index contributed by atoms with van der Waals surface area (Å²) in [5.41, 5.74) is 3.36. The maximum Gasteiger partial charge on any atom is 0.0641 e. The Bertz CT molecular complexity index is 506. The van der Waals surface area contributed by atoms with E-state index in [4.69, 9.17) is 4.74 Å². The molecule has 0 amide bonds. The van der Waals surface area contributed by atoms with E-state index >= 15 is 0 Å². The van der Waals surface area contributed by atoms with Crippen LogP contribution in [0, 0.1) is 5.41 Å². The molecule has 0 spiro atoms. The standard InChI is InChI=1S/C19H29NO/c1-18(2)11-9-14-7-5-6-8-16(14)17(18)20-15-10-12-21-19(3,4)13-15/h5-8,15,17,20H,9-13H2,1-4H3. The van der Waals surface area contributed by atoms with Crippen LogP contribution >= 0.6 is 0 Å². The molecule has 0 saturated carbocycles. The molecule has 2 heteroatoms. The summed E-state index contributed by atoms with van der Waals surface area (Å²) in [5.74, 6) is 0. The first kappa shape index (κ1) is 15.1. The van der Waals surface area contributed by atoms with Crippen LogP contribution in [0.5, 0.6) is 0 Å². The van der Waals surface area contributed by atoms with Crippen LogP contribution in [0.4, 0.5) is 0 Å². The molecule has 0 aromatic heterocycles. The lowest BCUT2D eigenvalue weighted by molar-refractivity contribution is -0.0665. The van der Waals surface area contributed by atoms with Gasteiger partial charge in [-0.3, -0.25) is 0 Å². The molecular weight excluding hydrogens is 258 g/mol. The van der Waals surface area contributed by atoms with Gasteiger partial charge in [0.1, 0.15) is 0 Å². The third-order valence-electron chi connectivity index (χ3n) is 5.29. The molecule has 1 N–H and O–H groups in total. The number of aryl methyl sites for hydroxylation is 1. The summed E-state index contributed by atoms with van der Waals surface area (Å²) >= 11 is 0. The number of hydrogen-bond acceptors (Lipinski definition) is 2. The normalized spacial score (nSPS) is 30.7. The maximum absolute atomic E-state index is 5.87. The van der Waals surface area contributed by atoms with Gasteiger partial charge in [0, 0.05) is 18.7 Å². The van der Waals surface area contributed by atoms with Crippen molar-refractivity contribution in [3.8, 4) is 0 Å². The predicted molar refractivity (Wildman–Crippen MR) is 87.5 cm³/mol. The van der Waals surface area contributed by atoms with Crippen LogP contribution in [-0.4, -0.2) is 18.2 Å². The Morgan fingerprint density at radius 2 is 1.90 bits per heavy atom. The minimum absolute atomic E-state index is 0.00818. The Labute approximate surface area is 129 Å². The summed E-state index contributed by atoms with van der Waals surface area (Å²) < 4.78 is 5.87. The quantitative estimate of drug-likeness (QED) is 0.878. The van der Waals surface area contributed by atoms with Crippen molar-refractivity contribution in [2.24, 2.45) is 5.41 Å². The lowest BCUT2D eigenvalue weighted by atomic mass is 9.70. The topological polar surface area (TPSA) is 21.3 Å². The van der Waals surface area contributed by atoms with Crippen molar-refractivity contribution >= 4 is 0 Å². The van der Waals surface area contributed by atoms with Crippen LogP contribution in [0.25, 0.3) is 0 Å². The highest BCUT2D eigenvalue weighted by Gasteiger charge is 2.38. The van der Waals surface area contributed by atoms with Gasteiger partial charge in [-0.25, -0.2) is 0 Å². The molecule has 2 aliphatic rings. The van der Waals surface area contributed by atoms with Crippen LogP contribution < -0.4 is 5.32 Å².